The fourth-order valence-electron chi connectivity index (χ4n) is 2.57. The van der Waals surface area contributed by atoms with Gasteiger partial charge in [-0.15, -0.1) is 11.3 Å². The molecule has 0 aliphatic heterocycles. The summed E-state index contributed by atoms with van der Waals surface area (Å²) in [6, 6.07) is 5.55. The van der Waals surface area contributed by atoms with Crippen molar-refractivity contribution in [3.63, 3.8) is 0 Å². The second-order valence-electron chi connectivity index (χ2n) is 5.46. The van der Waals surface area contributed by atoms with Crippen molar-refractivity contribution >= 4 is 40.6 Å². The zero-order chi connectivity index (χ0) is 17.3. The SMILES string of the molecule is Cc1nc(C)c(C(C)NC(=O)/C=C/c2c(Cl)nc3ccccn23)s1. The Kier molecular flexibility index (Phi) is 4.69. The Morgan fingerprint density at radius 3 is 2.88 bits per heavy atom. The summed E-state index contributed by atoms with van der Waals surface area (Å²) in [7, 11) is 0. The molecule has 3 rings (SSSR count). The maximum Gasteiger partial charge on any atom is 0.244 e. The van der Waals surface area contributed by atoms with E-state index in [2.05, 4.69) is 15.3 Å². The predicted octanol–water partition coefficient (Wildman–Crippen LogP) is 3.95. The zero-order valence-electron chi connectivity index (χ0n) is 13.6. The lowest BCUT2D eigenvalue weighted by Gasteiger charge is -2.11. The molecule has 7 heteroatoms. The number of nitrogens with zero attached hydrogens (tertiary/aromatic N) is 3. The van der Waals surface area contributed by atoms with Gasteiger partial charge in [0.2, 0.25) is 5.91 Å². The highest BCUT2D eigenvalue weighted by molar-refractivity contribution is 7.11. The van der Waals surface area contributed by atoms with Gasteiger partial charge in [0.1, 0.15) is 5.65 Å². The van der Waals surface area contributed by atoms with Crippen LogP contribution in [0.25, 0.3) is 11.7 Å². The van der Waals surface area contributed by atoms with Crippen molar-refractivity contribution < 1.29 is 4.79 Å². The highest BCUT2D eigenvalue weighted by Gasteiger charge is 2.14. The molecule has 0 radical (unpaired) electrons. The number of hydrogen-bond acceptors (Lipinski definition) is 4. The predicted molar refractivity (Wildman–Crippen MR) is 97.4 cm³/mol. The topological polar surface area (TPSA) is 59.3 Å². The summed E-state index contributed by atoms with van der Waals surface area (Å²) in [5, 5.41) is 4.32. The molecule has 3 aromatic heterocycles. The highest BCUT2D eigenvalue weighted by atomic mass is 35.5. The number of aromatic nitrogens is 3. The fourth-order valence-corrected chi connectivity index (χ4v) is 3.74. The number of nitrogens with one attached hydrogen (secondary N) is 1. The molecule has 124 valence electrons. The minimum Gasteiger partial charge on any atom is -0.345 e. The number of halogens is 1. The molecule has 0 aliphatic carbocycles. The number of pyridine rings is 1. The third-order valence-electron chi connectivity index (χ3n) is 3.61. The average molecular weight is 361 g/mol. The third kappa shape index (κ3) is 3.34. The van der Waals surface area contributed by atoms with Crippen LogP contribution in [0.1, 0.15) is 34.2 Å². The monoisotopic (exact) mass is 360 g/mol. The van der Waals surface area contributed by atoms with Gasteiger partial charge in [-0.25, -0.2) is 9.97 Å². The van der Waals surface area contributed by atoms with E-state index in [1.807, 2.05) is 49.6 Å². The van der Waals surface area contributed by atoms with E-state index in [0.717, 1.165) is 21.2 Å². The van der Waals surface area contributed by atoms with Crippen molar-refractivity contribution in [2.75, 3.05) is 0 Å². The van der Waals surface area contributed by atoms with Crippen LogP contribution in [0.15, 0.2) is 30.5 Å². The molecule has 3 heterocycles. The Morgan fingerprint density at radius 2 is 2.17 bits per heavy atom. The van der Waals surface area contributed by atoms with Gasteiger partial charge >= 0.3 is 0 Å². The molecule has 3 aromatic rings. The van der Waals surface area contributed by atoms with Gasteiger partial charge in [-0.1, -0.05) is 17.7 Å². The van der Waals surface area contributed by atoms with E-state index >= 15 is 0 Å². The van der Waals surface area contributed by atoms with Gasteiger partial charge < -0.3 is 5.32 Å². The number of amides is 1. The van der Waals surface area contributed by atoms with Gasteiger partial charge in [0.05, 0.1) is 22.4 Å². The van der Waals surface area contributed by atoms with Crippen molar-refractivity contribution in [1.29, 1.82) is 0 Å². The van der Waals surface area contributed by atoms with Crippen LogP contribution in [0.4, 0.5) is 0 Å². The van der Waals surface area contributed by atoms with Crippen molar-refractivity contribution in [3.8, 4) is 0 Å². The molecule has 0 fully saturated rings. The Balaban J connectivity index is 1.75. The molecule has 0 saturated heterocycles. The van der Waals surface area contributed by atoms with Crippen LogP contribution in [-0.2, 0) is 4.79 Å². The van der Waals surface area contributed by atoms with Crippen LogP contribution in [0.3, 0.4) is 0 Å². The van der Waals surface area contributed by atoms with E-state index in [1.165, 1.54) is 6.08 Å². The number of hydrogen-bond donors (Lipinski definition) is 1. The Labute approximate surface area is 149 Å². The molecule has 0 saturated carbocycles. The number of carbonyl (C=O) groups is 1. The summed E-state index contributed by atoms with van der Waals surface area (Å²) in [5.74, 6) is -0.185. The van der Waals surface area contributed by atoms with Crippen LogP contribution < -0.4 is 5.32 Å². The Morgan fingerprint density at radius 1 is 1.38 bits per heavy atom. The number of carbonyl (C=O) groups excluding carboxylic acids is 1. The third-order valence-corrected chi connectivity index (χ3v) is 5.14. The van der Waals surface area contributed by atoms with Crippen LogP contribution in [0, 0.1) is 13.8 Å². The summed E-state index contributed by atoms with van der Waals surface area (Å²) in [5.41, 5.74) is 2.38. The first-order valence-corrected chi connectivity index (χ1v) is 8.70. The van der Waals surface area contributed by atoms with Crippen molar-refractivity contribution in [1.82, 2.24) is 19.7 Å². The second kappa shape index (κ2) is 6.75. The number of fused-ring (bicyclic) bond motifs is 1. The summed E-state index contributed by atoms with van der Waals surface area (Å²) in [6.45, 7) is 5.87. The minimum absolute atomic E-state index is 0.0917. The van der Waals surface area contributed by atoms with Crippen molar-refractivity contribution in [2.45, 2.75) is 26.8 Å². The van der Waals surface area contributed by atoms with Crippen LogP contribution in [0.2, 0.25) is 5.15 Å². The quantitative estimate of drug-likeness (QED) is 0.716. The van der Waals surface area contributed by atoms with Crippen LogP contribution in [-0.4, -0.2) is 20.3 Å². The van der Waals surface area contributed by atoms with E-state index in [4.69, 9.17) is 11.6 Å². The average Bonchev–Trinajstić information content (AvgIpc) is 3.03. The van der Waals surface area contributed by atoms with Gasteiger partial charge in [-0.05, 0) is 39.0 Å². The molecule has 24 heavy (non-hydrogen) atoms. The molecule has 0 spiro atoms. The van der Waals surface area contributed by atoms with E-state index < -0.39 is 0 Å². The Bertz CT molecular complexity index is 928. The molecule has 0 aromatic carbocycles. The molecule has 1 unspecified atom stereocenters. The maximum atomic E-state index is 12.2. The second-order valence-corrected chi connectivity index (χ2v) is 7.06. The van der Waals surface area contributed by atoms with Gasteiger partial charge in [0.25, 0.3) is 0 Å². The van der Waals surface area contributed by atoms with E-state index in [0.29, 0.717) is 10.8 Å². The molecule has 1 N–H and O–H groups in total. The lowest BCUT2D eigenvalue weighted by Crippen LogP contribution is -2.24. The Hall–Kier alpha value is -2.18. The lowest BCUT2D eigenvalue weighted by molar-refractivity contribution is -0.117. The standard InChI is InChI=1S/C17H17ClN4OS/c1-10-16(24-12(3)19-10)11(2)20-15(23)8-7-13-17(18)21-14-6-4-5-9-22(13)14/h4-9,11H,1-3H3,(H,20,23)/b8-7+. The first kappa shape index (κ1) is 16.7. The van der Waals surface area contributed by atoms with Gasteiger partial charge in [-0.2, -0.15) is 0 Å². The molecular weight excluding hydrogens is 344 g/mol. The van der Waals surface area contributed by atoms with Gasteiger partial charge in [-0.3, -0.25) is 9.20 Å². The number of imidazole rings is 1. The summed E-state index contributed by atoms with van der Waals surface area (Å²) >= 11 is 7.75. The molecule has 1 atom stereocenters. The molecule has 0 aliphatic rings. The first-order chi connectivity index (χ1) is 11.5. The minimum atomic E-state index is -0.185. The summed E-state index contributed by atoms with van der Waals surface area (Å²) in [6.07, 6.45) is 5.01. The summed E-state index contributed by atoms with van der Waals surface area (Å²) < 4.78 is 1.84. The van der Waals surface area contributed by atoms with Crippen molar-refractivity contribution in [3.05, 3.63) is 56.9 Å². The number of rotatable bonds is 4. The zero-order valence-corrected chi connectivity index (χ0v) is 15.1. The number of thiazole rings is 1. The smallest absolute Gasteiger partial charge is 0.244 e. The van der Waals surface area contributed by atoms with Crippen LogP contribution >= 0.6 is 22.9 Å². The van der Waals surface area contributed by atoms with Gasteiger partial charge in [0, 0.05) is 17.2 Å². The number of aryl methyl sites for hydroxylation is 2. The van der Waals surface area contributed by atoms with Crippen molar-refractivity contribution in [2.24, 2.45) is 0 Å². The maximum absolute atomic E-state index is 12.2. The molecule has 1 amide bonds. The van der Waals surface area contributed by atoms with Crippen LogP contribution in [0.5, 0.6) is 0 Å². The lowest BCUT2D eigenvalue weighted by atomic mass is 10.2. The fraction of sp³-hybridized carbons (Fsp3) is 0.235. The normalized spacial score (nSPS) is 12.8. The van der Waals surface area contributed by atoms with E-state index in [1.54, 1.807) is 17.4 Å². The molecule has 5 nitrogen and oxygen atoms in total. The van der Waals surface area contributed by atoms with E-state index in [9.17, 15) is 4.79 Å². The molecule has 0 bridgehead atoms. The van der Waals surface area contributed by atoms with Gasteiger partial charge in [0.15, 0.2) is 5.15 Å². The molecular formula is C17H17ClN4OS. The summed E-state index contributed by atoms with van der Waals surface area (Å²) in [4.78, 5) is 21.9. The first-order valence-electron chi connectivity index (χ1n) is 7.51. The highest BCUT2D eigenvalue weighted by Crippen LogP contribution is 2.24. The largest absolute Gasteiger partial charge is 0.345 e. The van der Waals surface area contributed by atoms with E-state index in [-0.39, 0.29) is 11.9 Å².